The Labute approximate surface area is 173 Å². The van der Waals surface area contributed by atoms with Crippen LogP contribution in [0, 0.1) is 0 Å². The summed E-state index contributed by atoms with van der Waals surface area (Å²) in [5, 5.41) is 2.55. The molecule has 5 rings (SSSR count). The van der Waals surface area contributed by atoms with Crippen LogP contribution in [-0.2, 0) is 10.2 Å². The minimum atomic E-state index is -2.69. The van der Waals surface area contributed by atoms with Crippen molar-refractivity contribution in [1.29, 1.82) is 0 Å². The summed E-state index contributed by atoms with van der Waals surface area (Å²) >= 11 is 3.46. The topological polar surface area (TPSA) is 75.2 Å². The molecule has 2 amide bonds. The first-order valence-electron chi connectivity index (χ1n) is 9.36. The lowest BCUT2D eigenvalue weighted by Crippen LogP contribution is -2.46. The zero-order valence-electron chi connectivity index (χ0n) is 15.3. The van der Waals surface area contributed by atoms with Crippen molar-refractivity contribution in [3.8, 4) is 0 Å². The third-order valence-electron chi connectivity index (χ3n) is 5.90. The summed E-state index contributed by atoms with van der Waals surface area (Å²) in [6.45, 7) is 0.390. The number of hydrogen-bond acceptors (Lipinski definition) is 4. The van der Waals surface area contributed by atoms with Crippen molar-refractivity contribution in [2.24, 2.45) is 0 Å². The molecule has 1 spiro atoms. The van der Waals surface area contributed by atoms with E-state index >= 15 is 0 Å². The number of carbonyl (C=O) groups is 2. The third-order valence-corrected chi connectivity index (χ3v) is 6.40. The average Bonchev–Trinajstić information content (AvgIpc) is 3.58. The molecule has 9 heteroatoms. The zero-order chi connectivity index (χ0) is 20.4. The van der Waals surface area contributed by atoms with Crippen LogP contribution < -0.4 is 5.32 Å². The summed E-state index contributed by atoms with van der Waals surface area (Å²) in [6.07, 6.45) is 4.40. The maximum absolute atomic E-state index is 13.1. The number of alkyl halides is 2. The molecule has 3 aliphatic rings. The van der Waals surface area contributed by atoms with Crippen LogP contribution in [0.25, 0.3) is 0 Å². The number of fused-ring (bicyclic) bond motifs is 2. The first-order chi connectivity index (χ1) is 13.8. The fourth-order valence-electron chi connectivity index (χ4n) is 4.04. The number of nitrogens with one attached hydrogen (secondary N) is 1. The van der Waals surface area contributed by atoms with E-state index in [2.05, 4.69) is 31.2 Å². The lowest BCUT2D eigenvalue weighted by atomic mass is 9.86. The highest BCUT2D eigenvalue weighted by molar-refractivity contribution is 9.10. The molecule has 0 radical (unpaired) electrons. The van der Waals surface area contributed by atoms with Crippen LogP contribution in [0.2, 0.25) is 0 Å². The van der Waals surface area contributed by atoms with Gasteiger partial charge in [0.2, 0.25) is 11.9 Å². The standard InChI is InChI=1S/C20H17BrF2N4O2/c21-12-1-2-13-14(5-12)19(3-4-19)10-27(17(13)29)9-16(28)26-18-24-7-11(8-25-18)15-6-20(15,22)23/h1-2,5,7-8,15H,3-4,6,9-10H2,(H,24,25,26,28). The number of rotatable bonds is 4. The quantitative estimate of drug-likeness (QED) is 0.754. The average molecular weight is 463 g/mol. The minimum absolute atomic E-state index is 0.0395. The SMILES string of the molecule is O=C(CN1CC2(CC2)c2cc(Br)ccc2C1=O)Nc1ncc(C2CC2(F)F)cn1. The predicted octanol–water partition coefficient (Wildman–Crippen LogP) is 3.49. The van der Waals surface area contributed by atoms with Gasteiger partial charge in [-0.2, -0.15) is 0 Å². The Morgan fingerprint density at radius 3 is 2.59 bits per heavy atom. The van der Waals surface area contributed by atoms with Gasteiger partial charge in [-0.25, -0.2) is 18.7 Å². The van der Waals surface area contributed by atoms with Crippen LogP contribution in [-0.4, -0.2) is 45.7 Å². The van der Waals surface area contributed by atoms with E-state index in [1.807, 2.05) is 12.1 Å². The van der Waals surface area contributed by atoms with Gasteiger partial charge in [0.15, 0.2) is 0 Å². The number of hydrogen-bond donors (Lipinski definition) is 1. The van der Waals surface area contributed by atoms with Gasteiger partial charge in [-0.05, 0) is 42.2 Å². The van der Waals surface area contributed by atoms with Crippen LogP contribution in [0.15, 0.2) is 35.1 Å². The highest BCUT2D eigenvalue weighted by Gasteiger charge is 2.58. The molecule has 1 N–H and O–H groups in total. The van der Waals surface area contributed by atoms with Gasteiger partial charge in [0.05, 0.1) is 5.92 Å². The van der Waals surface area contributed by atoms with E-state index in [0.29, 0.717) is 17.7 Å². The molecule has 2 aromatic rings. The van der Waals surface area contributed by atoms with Crippen LogP contribution in [0.5, 0.6) is 0 Å². The second-order valence-electron chi connectivity index (χ2n) is 8.04. The summed E-state index contributed by atoms with van der Waals surface area (Å²) in [5.41, 5.74) is 1.97. The van der Waals surface area contributed by atoms with Crippen molar-refractivity contribution in [3.63, 3.8) is 0 Å². The number of anilines is 1. The number of halogens is 3. The van der Waals surface area contributed by atoms with E-state index in [1.54, 1.807) is 11.0 Å². The van der Waals surface area contributed by atoms with Gasteiger partial charge in [-0.3, -0.25) is 14.9 Å². The molecule has 1 atom stereocenters. The molecular formula is C20H17BrF2N4O2. The Bertz CT molecular complexity index is 1020. The molecule has 2 saturated carbocycles. The van der Waals surface area contributed by atoms with Gasteiger partial charge in [-0.1, -0.05) is 15.9 Å². The van der Waals surface area contributed by atoms with Crippen molar-refractivity contribution in [2.45, 2.75) is 36.5 Å². The Morgan fingerprint density at radius 2 is 1.97 bits per heavy atom. The Hall–Kier alpha value is -2.42. The Balaban J connectivity index is 1.27. The molecule has 2 fully saturated rings. The molecule has 0 bridgehead atoms. The first-order valence-corrected chi connectivity index (χ1v) is 10.2. The lowest BCUT2D eigenvalue weighted by molar-refractivity contribution is -0.117. The van der Waals surface area contributed by atoms with E-state index in [4.69, 9.17) is 0 Å². The third kappa shape index (κ3) is 3.31. The smallest absolute Gasteiger partial charge is 0.256 e. The molecule has 0 saturated heterocycles. The maximum Gasteiger partial charge on any atom is 0.256 e. The summed E-state index contributed by atoms with van der Waals surface area (Å²) in [4.78, 5) is 34.8. The lowest BCUT2D eigenvalue weighted by Gasteiger charge is -2.34. The van der Waals surface area contributed by atoms with Crippen molar-refractivity contribution in [1.82, 2.24) is 14.9 Å². The summed E-state index contributed by atoms with van der Waals surface area (Å²) in [6, 6.07) is 5.62. The second kappa shape index (κ2) is 6.29. The van der Waals surface area contributed by atoms with E-state index in [-0.39, 0.29) is 30.2 Å². The number of carbonyl (C=O) groups excluding carboxylic acids is 2. The molecule has 1 aromatic heterocycles. The van der Waals surface area contributed by atoms with Gasteiger partial charge in [0.25, 0.3) is 11.8 Å². The van der Waals surface area contributed by atoms with Crippen molar-refractivity contribution in [3.05, 3.63) is 51.8 Å². The molecule has 2 aliphatic carbocycles. The minimum Gasteiger partial charge on any atom is -0.328 e. The van der Waals surface area contributed by atoms with Gasteiger partial charge in [0.1, 0.15) is 6.54 Å². The van der Waals surface area contributed by atoms with E-state index < -0.39 is 17.7 Å². The zero-order valence-corrected chi connectivity index (χ0v) is 16.9. The Morgan fingerprint density at radius 1 is 1.28 bits per heavy atom. The summed E-state index contributed by atoms with van der Waals surface area (Å²) in [5.74, 6) is -4.08. The van der Waals surface area contributed by atoms with Gasteiger partial charge >= 0.3 is 0 Å². The monoisotopic (exact) mass is 462 g/mol. The molecule has 1 aliphatic heterocycles. The molecule has 29 heavy (non-hydrogen) atoms. The van der Waals surface area contributed by atoms with E-state index in [0.717, 1.165) is 22.9 Å². The number of aromatic nitrogens is 2. The normalized spacial score (nSPS) is 22.9. The van der Waals surface area contributed by atoms with Crippen LogP contribution in [0.4, 0.5) is 14.7 Å². The fraction of sp³-hybridized carbons (Fsp3) is 0.400. The molecular weight excluding hydrogens is 446 g/mol. The van der Waals surface area contributed by atoms with Crippen LogP contribution >= 0.6 is 15.9 Å². The van der Waals surface area contributed by atoms with Gasteiger partial charge in [0, 0.05) is 40.8 Å². The van der Waals surface area contributed by atoms with Crippen LogP contribution in [0.1, 0.15) is 46.7 Å². The van der Waals surface area contributed by atoms with Gasteiger partial charge < -0.3 is 4.90 Å². The first kappa shape index (κ1) is 18.6. The summed E-state index contributed by atoms with van der Waals surface area (Å²) < 4.78 is 27.2. The largest absolute Gasteiger partial charge is 0.328 e. The van der Waals surface area contributed by atoms with E-state index in [1.165, 1.54) is 12.4 Å². The number of nitrogens with zero attached hydrogens (tertiary/aromatic N) is 3. The second-order valence-corrected chi connectivity index (χ2v) is 8.95. The number of amides is 2. The highest BCUT2D eigenvalue weighted by atomic mass is 79.9. The fourth-order valence-corrected chi connectivity index (χ4v) is 4.40. The molecule has 150 valence electrons. The predicted molar refractivity (Wildman–Crippen MR) is 104 cm³/mol. The molecule has 1 aromatic carbocycles. The molecule has 1 unspecified atom stereocenters. The van der Waals surface area contributed by atoms with Gasteiger partial charge in [-0.15, -0.1) is 0 Å². The van der Waals surface area contributed by atoms with E-state index in [9.17, 15) is 18.4 Å². The summed E-state index contributed by atoms with van der Waals surface area (Å²) in [7, 11) is 0. The maximum atomic E-state index is 13.1. The molecule has 2 heterocycles. The number of benzene rings is 1. The van der Waals surface area contributed by atoms with Crippen molar-refractivity contribution in [2.75, 3.05) is 18.4 Å². The molecule has 6 nitrogen and oxygen atoms in total. The van der Waals surface area contributed by atoms with Crippen molar-refractivity contribution < 1.29 is 18.4 Å². The Kier molecular flexibility index (Phi) is 4.03. The highest BCUT2D eigenvalue weighted by Crippen LogP contribution is 2.55. The van der Waals surface area contributed by atoms with Crippen LogP contribution in [0.3, 0.4) is 0 Å². The van der Waals surface area contributed by atoms with Crippen molar-refractivity contribution >= 4 is 33.7 Å².